The molecule has 1 aromatic carbocycles. The van der Waals surface area contributed by atoms with Crippen LogP contribution in [0, 0.1) is 5.92 Å². The van der Waals surface area contributed by atoms with Crippen LogP contribution in [-0.2, 0) is 13.0 Å². The minimum absolute atomic E-state index is 0.509. The van der Waals surface area contributed by atoms with Gasteiger partial charge in [-0.25, -0.2) is 0 Å². The Morgan fingerprint density at radius 3 is 2.82 bits per heavy atom. The number of ether oxygens (including phenoxy) is 2. The van der Waals surface area contributed by atoms with Crippen molar-refractivity contribution in [2.45, 2.75) is 39.2 Å². The largest absolute Gasteiger partial charge is 0.493 e. The van der Waals surface area contributed by atoms with E-state index in [9.17, 15) is 0 Å². The maximum Gasteiger partial charge on any atom is 0.161 e. The zero-order chi connectivity index (χ0) is 15.5. The minimum atomic E-state index is 0.509. The van der Waals surface area contributed by atoms with Crippen LogP contribution in [0.3, 0.4) is 0 Å². The van der Waals surface area contributed by atoms with Crippen molar-refractivity contribution in [2.24, 2.45) is 5.92 Å². The third kappa shape index (κ3) is 2.94. The zero-order valence-electron chi connectivity index (χ0n) is 13.5. The fourth-order valence-electron chi connectivity index (χ4n) is 3.11. The maximum absolute atomic E-state index is 5.98. The molecule has 116 valence electrons. The lowest BCUT2D eigenvalue weighted by Gasteiger charge is -2.29. The van der Waals surface area contributed by atoms with E-state index in [4.69, 9.17) is 9.47 Å². The first-order valence-electron chi connectivity index (χ1n) is 7.91. The third-order valence-corrected chi connectivity index (χ3v) is 4.76. The van der Waals surface area contributed by atoms with Gasteiger partial charge in [-0.3, -0.25) is 4.98 Å². The van der Waals surface area contributed by atoms with Crippen LogP contribution in [0.4, 0.5) is 0 Å². The van der Waals surface area contributed by atoms with Crippen LogP contribution in [-0.4, -0.2) is 12.1 Å². The minimum Gasteiger partial charge on any atom is -0.493 e. The van der Waals surface area contributed by atoms with Gasteiger partial charge in [0.15, 0.2) is 11.5 Å². The lowest BCUT2D eigenvalue weighted by Crippen LogP contribution is -2.16. The van der Waals surface area contributed by atoms with Crippen LogP contribution in [0.15, 0.2) is 36.7 Å². The molecule has 0 spiro atoms. The predicted octanol–water partition coefficient (Wildman–Crippen LogP) is 4.36. The molecule has 2 aromatic rings. The summed E-state index contributed by atoms with van der Waals surface area (Å²) >= 11 is 0. The second kappa shape index (κ2) is 6.39. The molecule has 2 unspecified atom stereocenters. The summed E-state index contributed by atoms with van der Waals surface area (Å²) in [5, 5.41) is 0. The molecule has 3 nitrogen and oxygen atoms in total. The summed E-state index contributed by atoms with van der Waals surface area (Å²) in [7, 11) is 1.70. The Labute approximate surface area is 132 Å². The van der Waals surface area contributed by atoms with Crippen LogP contribution < -0.4 is 9.47 Å². The SMILES string of the molecule is COc1cc2c(cc1OCc1cccnc1)CCC(C)C2C. The van der Waals surface area contributed by atoms with E-state index in [2.05, 4.69) is 31.0 Å². The number of hydrogen-bond acceptors (Lipinski definition) is 3. The van der Waals surface area contributed by atoms with Gasteiger partial charge in [-0.1, -0.05) is 19.9 Å². The molecule has 22 heavy (non-hydrogen) atoms. The predicted molar refractivity (Wildman–Crippen MR) is 87.5 cm³/mol. The van der Waals surface area contributed by atoms with Gasteiger partial charge in [0.05, 0.1) is 7.11 Å². The molecule has 2 atom stereocenters. The summed E-state index contributed by atoms with van der Waals surface area (Å²) in [6.07, 6.45) is 5.96. The molecule has 0 bridgehead atoms. The van der Waals surface area contributed by atoms with E-state index in [1.54, 1.807) is 13.3 Å². The Balaban J connectivity index is 1.85. The molecule has 1 aliphatic rings. The van der Waals surface area contributed by atoms with Crippen LogP contribution in [0.5, 0.6) is 11.5 Å². The van der Waals surface area contributed by atoms with Crippen molar-refractivity contribution in [3.05, 3.63) is 53.3 Å². The number of aryl methyl sites for hydroxylation is 1. The topological polar surface area (TPSA) is 31.4 Å². The molecule has 3 heteroatoms. The summed E-state index contributed by atoms with van der Waals surface area (Å²) in [6, 6.07) is 8.26. The first kappa shape index (κ1) is 14.9. The normalized spacial score (nSPS) is 20.3. The number of rotatable bonds is 4. The Morgan fingerprint density at radius 2 is 2.09 bits per heavy atom. The molecule has 0 aliphatic heterocycles. The van der Waals surface area contributed by atoms with E-state index >= 15 is 0 Å². The van der Waals surface area contributed by atoms with Gasteiger partial charge in [-0.05, 0) is 54.0 Å². The van der Waals surface area contributed by atoms with Gasteiger partial charge in [-0.2, -0.15) is 0 Å². The van der Waals surface area contributed by atoms with E-state index in [0.29, 0.717) is 12.5 Å². The van der Waals surface area contributed by atoms with E-state index in [1.807, 2.05) is 18.3 Å². The summed E-state index contributed by atoms with van der Waals surface area (Å²) < 4.78 is 11.5. The molecule has 3 rings (SSSR count). The number of benzene rings is 1. The highest BCUT2D eigenvalue weighted by Gasteiger charge is 2.25. The van der Waals surface area contributed by atoms with Crippen molar-refractivity contribution in [3.8, 4) is 11.5 Å². The molecule has 1 aromatic heterocycles. The monoisotopic (exact) mass is 297 g/mol. The number of methoxy groups -OCH3 is 1. The summed E-state index contributed by atoms with van der Waals surface area (Å²) in [5.41, 5.74) is 3.86. The molecule has 0 saturated heterocycles. The lowest BCUT2D eigenvalue weighted by atomic mass is 9.77. The standard InChI is InChI=1S/C19H23NO2/c1-13-6-7-16-9-19(18(21-3)10-17(16)14(13)2)22-12-15-5-4-8-20-11-15/h4-5,8-11,13-14H,6-7,12H2,1-3H3. The van der Waals surface area contributed by atoms with Crippen molar-refractivity contribution in [3.63, 3.8) is 0 Å². The molecular formula is C19H23NO2. The average Bonchev–Trinajstić information content (AvgIpc) is 2.57. The van der Waals surface area contributed by atoms with Crippen molar-refractivity contribution in [1.82, 2.24) is 4.98 Å². The molecule has 0 saturated carbocycles. The van der Waals surface area contributed by atoms with Gasteiger partial charge in [-0.15, -0.1) is 0 Å². The molecule has 0 N–H and O–H groups in total. The van der Waals surface area contributed by atoms with Crippen molar-refractivity contribution < 1.29 is 9.47 Å². The van der Waals surface area contributed by atoms with Crippen molar-refractivity contribution >= 4 is 0 Å². The smallest absolute Gasteiger partial charge is 0.161 e. The van der Waals surface area contributed by atoms with E-state index in [0.717, 1.165) is 29.4 Å². The number of fused-ring (bicyclic) bond motifs is 1. The van der Waals surface area contributed by atoms with Gasteiger partial charge in [0.25, 0.3) is 0 Å². The van der Waals surface area contributed by atoms with E-state index in [-0.39, 0.29) is 0 Å². The molecule has 0 amide bonds. The first-order valence-corrected chi connectivity index (χ1v) is 7.91. The fraction of sp³-hybridized carbons (Fsp3) is 0.421. The van der Waals surface area contributed by atoms with E-state index in [1.165, 1.54) is 17.5 Å². The Morgan fingerprint density at radius 1 is 1.23 bits per heavy atom. The second-order valence-corrected chi connectivity index (χ2v) is 6.16. The molecule has 0 radical (unpaired) electrons. The van der Waals surface area contributed by atoms with Gasteiger partial charge in [0.1, 0.15) is 6.61 Å². The van der Waals surface area contributed by atoms with Gasteiger partial charge >= 0.3 is 0 Å². The van der Waals surface area contributed by atoms with Crippen LogP contribution in [0.1, 0.15) is 42.9 Å². The highest BCUT2D eigenvalue weighted by atomic mass is 16.5. The van der Waals surface area contributed by atoms with Crippen molar-refractivity contribution in [1.29, 1.82) is 0 Å². The molecular weight excluding hydrogens is 274 g/mol. The van der Waals surface area contributed by atoms with Gasteiger partial charge in [0.2, 0.25) is 0 Å². The fourth-order valence-corrected chi connectivity index (χ4v) is 3.11. The number of pyridine rings is 1. The van der Waals surface area contributed by atoms with Crippen LogP contribution >= 0.6 is 0 Å². The van der Waals surface area contributed by atoms with Crippen LogP contribution in [0.25, 0.3) is 0 Å². The van der Waals surface area contributed by atoms with Crippen LogP contribution in [0.2, 0.25) is 0 Å². The summed E-state index contributed by atoms with van der Waals surface area (Å²) in [5.74, 6) is 2.94. The molecule has 0 fully saturated rings. The maximum atomic E-state index is 5.98. The summed E-state index contributed by atoms with van der Waals surface area (Å²) in [6.45, 7) is 5.14. The average molecular weight is 297 g/mol. The Bertz CT molecular complexity index is 639. The summed E-state index contributed by atoms with van der Waals surface area (Å²) in [4.78, 5) is 4.12. The second-order valence-electron chi connectivity index (χ2n) is 6.16. The highest BCUT2D eigenvalue weighted by Crippen LogP contribution is 2.41. The molecule has 1 aliphatic carbocycles. The quantitative estimate of drug-likeness (QED) is 0.840. The van der Waals surface area contributed by atoms with Gasteiger partial charge in [0, 0.05) is 18.0 Å². The molecule has 1 heterocycles. The third-order valence-electron chi connectivity index (χ3n) is 4.76. The van der Waals surface area contributed by atoms with Crippen molar-refractivity contribution in [2.75, 3.05) is 7.11 Å². The number of aromatic nitrogens is 1. The van der Waals surface area contributed by atoms with Gasteiger partial charge < -0.3 is 9.47 Å². The lowest BCUT2D eigenvalue weighted by molar-refractivity contribution is 0.282. The Hall–Kier alpha value is -2.03. The number of hydrogen-bond donors (Lipinski definition) is 0. The Kier molecular flexibility index (Phi) is 4.32. The number of nitrogens with zero attached hydrogens (tertiary/aromatic N) is 1. The first-order chi connectivity index (χ1) is 10.7. The zero-order valence-corrected chi connectivity index (χ0v) is 13.5. The van der Waals surface area contributed by atoms with E-state index < -0.39 is 0 Å². The highest BCUT2D eigenvalue weighted by molar-refractivity contribution is 5.49.